The van der Waals surface area contributed by atoms with E-state index in [1.807, 2.05) is 48.3 Å². The molecular formula is C21H25BrClN3OS. The maximum Gasteiger partial charge on any atom is 0.225 e. The lowest BCUT2D eigenvalue weighted by Crippen LogP contribution is -2.48. The third kappa shape index (κ3) is 5.10. The predicted octanol–water partition coefficient (Wildman–Crippen LogP) is 6.04. The molecule has 1 saturated heterocycles. The molecule has 0 N–H and O–H groups in total. The van der Waals surface area contributed by atoms with Crippen molar-refractivity contribution in [3.63, 3.8) is 0 Å². The number of carbonyl (C=O) groups is 1. The summed E-state index contributed by atoms with van der Waals surface area (Å²) in [5.41, 5.74) is 3.09. The second-order valence-corrected chi connectivity index (χ2v) is 8.81. The molecule has 1 amide bonds. The molecule has 150 valence electrons. The molecule has 0 saturated carbocycles. The lowest BCUT2D eigenvalue weighted by molar-refractivity contribution is -0.117. The van der Waals surface area contributed by atoms with Gasteiger partial charge in [-0.1, -0.05) is 59.7 Å². The summed E-state index contributed by atoms with van der Waals surface area (Å²) in [5, 5.41) is 0.920. The van der Waals surface area contributed by atoms with Gasteiger partial charge in [0.1, 0.15) is 6.17 Å². The van der Waals surface area contributed by atoms with Crippen molar-refractivity contribution in [2.75, 3.05) is 17.7 Å². The van der Waals surface area contributed by atoms with Gasteiger partial charge in [-0.15, -0.1) is 12.4 Å². The average Bonchev–Trinajstić information content (AvgIpc) is 2.96. The Balaban J connectivity index is 0.00000280. The first-order chi connectivity index (χ1) is 12.9. The fourth-order valence-corrected chi connectivity index (χ4v) is 4.64. The van der Waals surface area contributed by atoms with Gasteiger partial charge in [-0.3, -0.25) is 9.69 Å². The number of nitrogens with zero attached hydrogens (tertiary/aromatic N) is 3. The number of amidine groups is 1. The molecule has 2 aromatic carbocycles. The van der Waals surface area contributed by atoms with Crippen LogP contribution in [-0.2, 0) is 4.79 Å². The maximum absolute atomic E-state index is 12.4. The van der Waals surface area contributed by atoms with E-state index in [2.05, 4.69) is 46.8 Å². The first kappa shape index (κ1) is 22.8. The summed E-state index contributed by atoms with van der Waals surface area (Å²) in [6, 6.07) is 16.2. The Morgan fingerprint density at radius 1 is 1.25 bits per heavy atom. The topological polar surface area (TPSA) is 35.9 Å². The zero-order chi connectivity index (χ0) is 19.6. The Labute approximate surface area is 185 Å². The Morgan fingerprint density at radius 3 is 2.50 bits per heavy atom. The second kappa shape index (κ2) is 9.81. The van der Waals surface area contributed by atoms with Gasteiger partial charge in [-0.2, -0.15) is 0 Å². The Bertz CT molecular complexity index is 857. The fraction of sp³-hybridized carbons (Fsp3) is 0.333. The van der Waals surface area contributed by atoms with Gasteiger partial charge in [-0.05, 0) is 41.8 Å². The summed E-state index contributed by atoms with van der Waals surface area (Å²) < 4.78 is 1.00. The molecule has 0 aromatic heterocycles. The third-order valence-corrected chi connectivity index (χ3v) is 6.21. The average molecular weight is 483 g/mol. The van der Waals surface area contributed by atoms with Crippen molar-refractivity contribution in [3.05, 3.63) is 58.6 Å². The zero-order valence-corrected chi connectivity index (χ0v) is 19.6. The van der Waals surface area contributed by atoms with Gasteiger partial charge in [0.25, 0.3) is 0 Å². The van der Waals surface area contributed by atoms with Gasteiger partial charge in [0.05, 0.1) is 5.69 Å². The van der Waals surface area contributed by atoms with Crippen molar-refractivity contribution in [2.45, 2.75) is 32.9 Å². The molecule has 0 bridgehead atoms. The van der Waals surface area contributed by atoms with Gasteiger partial charge in [-0.25, -0.2) is 4.99 Å². The third-order valence-electron chi connectivity index (χ3n) is 4.62. The molecule has 3 rings (SSSR count). The minimum Gasteiger partial charge on any atom is -0.333 e. The van der Waals surface area contributed by atoms with E-state index in [1.165, 1.54) is 5.56 Å². The van der Waals surface area contributed by atoms with E-state index in [0.717, 1.165) is 26.8 Å². The number of amides is 1. The Kier molecular flexibility index (Phi) is 7.98. The van der Waals surface area contributed by atoms with Crippen molar-refractivity contribution in [2.24, 2.45) is 4.99 Å². The molecule has 1 heterocycles. The number of anilines is 1. The SMILES string of the molecule is CC(=O)N(c1ccc(C(C)C)cc1)C1CSC(=Nc2cccc(Br)c2)N1C.Cl. The van der Waals surface area contributed by atoms with Crippen LogP contribution in [0, 0.1) is 0 Å². The predicted molar refractivity (Wildman–Crippen MR) is 126 cm³/mol. The van der Waals surface area contributed by atoms with E-state index in [9.17, 15) is 4.79 Å². The molecule has 1 unspecified atom stereocenters. The maximum atomic E-state index is 12.4. The molecule has 1 aliphatic rings. The molecule has 1 aliphatic heterocycles. The van der Waals surface area contributed by atoms with E-state index in [1.54, 1.807) is 18.7 Å². The van der Waals surface area contributed by atoms with Crippen molar-refractivity contribution < 1.29 is 4.79 Å². The number of aliphatic imine (C=N–C) groups is 1. The molecule has 1 atom stereocenters. The van der Waals surface area contributed by atoms with Gasteiger partial charge >= 0.3 is 0 Å². The molecule has 28 heavy (non-hydrogen) atoms. The quantitative estimate of drug-likeness (QED) is 0.533. The van der Waals surface area contributed by atoms with Gasteiger partial charge in [0.15, 0.2) is 5.17 Å². The summed E-state index contributed by atoms with van der Waals surface area (Å²) in [4.78, 5) is 21.2. The zero-order valence-electron chi connectivity index (χ0n) is 16.4. The van der Waals surface area contributed by atoms with Gasteiger partial charge < -0.3 is 4.90 Å². The molecule has 4 nitrogen and oxygen atoms in total. The highest BCUT2D eigenvalue weighted by Crippen LogP contribution is 2.31. The number of hydrogen-bond acceptors (Lipinski definition) is 3. The molecule has 2 aromatic rings. The van der Waals surface area contributed by atoms with E-state index in [0.29, 0.717) is 5.92 Å². The molecule has 0 aliphatic carbocycles. The molecule has 7 heteroatoms. The van der Waals surface area contributed by atoms with E-state index < -0.39 is 0 Å². The normalized spacial score (nSPS) is 17.7. The van der Waals surface area contributed by atoms with Crippen LogP contribution in [0.5, 0.6) is 0 Å². The van der Waals surface area contributed by atoms with E-state index in [4.69, 9.17) is 4.99 Å². The van der Waals surface area contributed by atoms with Crippen LogP contribution < -0.4 is 4.90 Å². The molecule has 0 radical (unpaired) electrons. The number of hydrogen-bond donors (Lipinski definition) is 0. The Hall–Kier alpha value is -1.50. The number of halogens is 2. The smallest absolute Gasteiger partial charge is 0.225 e. The lowest BCUT2D eigenvalue weighted by Gasteiger charge is -2.33. The van der Waals surface area contributed by atoms with Gasteiger partial charge in [0, 0.05) is 29.9 Å². The first-order valence-corrected chi connectivity index (χ1v) is 10.7. The van der Waals surface area contributed by atoms with E-state index in [-0.39, 0.29) is 24.5 Å². The Morgan fingerprint density at radius 2 is 1.93 bits per heavy atom. The number of rotatable bonds is 4. The van der Waals surface area contributed by atoms with Crippen LogP contribution in [0.4, 0.5) is 11.4 Å². The van der Waals surface area contributed by atoms with Crippen LogP contribution >= 0.6 is 40.1 Å². The minimum absolute atomic E-state index is 0. The number of carbonyl (C=O) groups excluding carboxylic acids is 1. The fourth-order valence-electron chi connectivity index (χ4n) is 3.09. The number of benzene rings is 2. The van der Waals surface area contributed by atoms with Crippen LogP contribution in [0.2, 0.25) is 0 Å². The van der Waals surface area contributed by atoms with Crippen molar-refractivity contribution in [1.82, 2.24) is 4.90 Å². The highest BCUT2D eigenvalue weighted by Gasteiger charge is 2.34. The molecule has 1 fully saturated rings. The van der Waals surface area contributed by atoms with Crippen molar-refractivity contribution in [3.8, 4) is 0 Å². The largest absolute Gasteiger partial charge is 0.333 e. The van der Waals surface area contributed by atoms with Crippen molar-refractivity contribution >= 4 is 62.5 Å². The summed E-state index contributed by atoms with van der Waals surface area (Å²) >= 11 is 5.16. The summed E-state index contributed by atoms with van der Waals surface area (Å²) in [5.74, 6) is 1.29. The minimum atomic E-state index is -0.0525. The van der Waals surface area contributed by atoms with E-state index >= 15 is 0 Å². The van der Waals surface area contributed by atoms with Crippen LogP contribution in [0.15, 0.2) is 58.0 Å². The monoisotopic (exact) mass is 481 g/mol. The highest BCUT2D eigenvalue weighted by atomic mass is 79.9. The molecular weight excluding hydrogens is 458 g/mol. The highest BCUT2D eigenvalue weighted by molar-refractivity contribution is 9.10. The lowest BCUT2D eigenvalue weighted by atomic mass is 10.0. The summed E-state index contributed by atoms with van der Waals surface area (Å²) in [7, 11) is 2.00. The summed E-state index contributed by atoms with van der Waals surface area (Å²) in [6.07, 6.45) is -0.0525. The summed E-state index contributed by atoms with van der Waals surface area (Å²) in [6.45, 7) is 5.96. The standard InChI is InChI=1S/C21H24BrN3OS.ClH/c1-14(2)16-8-10-19(11-9-16)25(15(3)26)20-13-27-21(24(20)4)23-18-7-5-6-17(22)12-18;/h5-12,14,20H,13H2,1-4H3;1H. The molecule has 0 spiro atoms. The van der Waals surface area contributed by atoms with Gasteiger partial charge in [0.2, 0.25) is 5.91 Å². The first-order valence-electron chi connectivity index (χ1n) is 8.96. The van der Waals surface area contributed by atoms with Crippen molar-refractivity contribution in [1.29, 1.82) is 0 Å². The second-order valence-electron chi connectivity index (χ2n) is 6.91. The van der Waals surface area contributed by atoms with Crippen LogP contribution in [0.3, 0.4) is 0 Å². The van der Waals surface area contributed by atoms with Crippen LogP contribution in [0.1, 0.15) is 32.3 Å². The van der Waals surface area contributed by atoms with Crippen LogP contribution in [-0.4, -0.2) is 34.9 Å². The number of thioether (sulfide) groups is 1. The van der Waals surface area contributed by atoms with Crippen LogP contribution in [0.25, 0.3) is 0 Å².